The molecule has 1 aliphatic rings. The number of aromatic amines is 1. The normalized spacial score (nSPS) is 16.8. The molecule has 1 aromatic heterocycles. The Morgan fingerprint density at radius 2 is 1.88 bits per heavy atom. The van der Waals surface area contributed by atoms with Crippen molar-refractivity contribution in [3.8, 4) is 5.75 Å². The first-order valence-corrected chi connectivity index (χ1v) is 7.66. The van der Waals surface area contributed by atoms with E-state index in [0.29, 0.717) is 12.2 Å². The van der Waals surface area contributed by atoms with Crippen LogP contribution in [0.4, 0.5) is 0 Å². The van der Waals surface area contributed by atoms with Crippen molar-refractivity contribution in [2.24, 2.45) is 0 Å². The van der Waals surface area contributed by atoms with Crippen LogP contribution in [0.15, 0.2) is 24.3 Å². The Balaban J connectivity index is 2.02. The highest BCUT2D eigenvalue weighted by Gasteiger charge is 2.42. The summed E-state index contributed by atoms with van der Waals surface area (Å²) in [6.07, 6.45) is -0.497. The van der Waals surface area contributed by atoms with Crippen molar-refractivity contribution in [2.75, 3.05) is 27.9 Å². The average Bonchev–Trinajstić information content (AvgIpc) is 3.12. The number of carbonyl (C=O) groups is 1. The van der Waals surface area contributed by atoms with Gasteiger partial charge in [-0.05, 0) is 24.6 Å². The smallest absolute Gasteiger partial charge is 0.275 e. The number of carbonyl (C=O) groups excluding carboxylic acids is 1. The van der Waals surface area contributed by atoms with Crippen molar-refractivity contribution < 1.29 is 19.0 Å². The number of aryl methyl sites for hydroxylation is 1. The Morgan fingerprint density at radius 1 is 1.21 bits per heavy atom. The molecule has 1 amide bonds. The zero-order valence-corrected chi connectivity index (χ0v) is 14.2. The lowest BCUT2D eigenvalue weighted by Gasteiger charge is -2.29. The number of hydrogen-bond acceptors (Lipinski definition) is 5. The molecule has 1 atom stereocenters. The molecule has 1 aliphatic heterocycles. The summed E-state index contributed by atoms with van der Waals surface area (Å²) in [6, 6.07) is 7.45. The Labute approximate surface area is 140 Å². The van der Waals surface area contributed by atoms with E-state index in [1.54, 1.807) is 26.2 Å². The molecule has 7 heteroatoms. The molecule has 2 heterocycles. The number of methoxy groups -OCH3 is 3. The fourth-order valence-corrected chi connectivity index (χ4v) is 3.07. The number of hydrogen-bond donors (Lipinski definition) is 1. The van der Waals surface area contributed by atoms with Gasteiger partial charge in [0.15, 0.2) is 12.0 Å². The van der Waals surface area contributed by atoms with E-state index in [4.69, 9.17) is 14.2 Å². The van der Waals surface area contributed by atoms with Crippen LogP contribution in [-0.4, -0.2) is 55.2 Å². The van der Waals surface area contributed by atoms with Crippen LogP contribution in [-0.2, 0) is 9.47 Å². The summed E-state index contributed by atoms with van der Waals surface area (Å²) in [4.78, 5) is 14.5. The summed E-state index contributed by atoms with van der Waals surface area (Å²) < 4.78 is 15.8. The first-order chi connectivity index (χ1) is 11.6. The summed E-state index contributed by atoms with van der Waals surface area (Å²) in [5.41, 5.74) is 3.22. The van der Waals surface area contributed by atoms with Gasteiger partial charge in [-0.15, -0.1) is 0 Å². The number of nitrogens with zero attached hydrogens (tertiary/aromatic N) is 2. The van der Waals surface area contributed by atoms with E-state index in [1.165, 1.54) is 0 Å². The van der Waals surface area contributed by atoms with Gasteiger partial charge in [-0.3, -0.25) is 9.89 Å². The van der Waals surface area contributed by atoms with E-state index in [9.17, 15) is 4.79 Å². The van der Waals surface area contributed by atoms with Gasteiger partial charge >= 0.3 is 0 Å². The molecule has 0 saturated carbocycles. The number of ether oxygens (including phenoxy) is 3. The van der Waals surface area contributed by atoms with Crippen LogP contribution < -0.4 is 4.74 Å². The van der Waals surface area contributed by atoms with E-state index >= 15 is 0 Å². The van der Waals surface area contributed by atoms with Gasteiger partial charge < -0.3 is 19.1 Å². The minimum atomic E-state index is -0.497. The number of aromatic nitrogens is 2. The van der Waals surface area contributed by atoms with Gasteiger partial charge in [0.25, 0.3) is 5.91 Å². The lowest BCUT2D eigenvalue weighted by molar-refractivity contribution is -0.113. The van der Waals surface area contributed by atoms with Crippen LogP contribution in [0.3, 0.4) is 0 Å². The van der Waals surface area contributed by atoms with E-state index in [2.05, 4.69) is 10.2 Å². The summed E-state index contributed by atoms with van der Waals surface area (Å²) in [6.45, 7) is 2.24. The van der Waals surface area contributed by atoms with E-state index in [1.807, 2.05) is 31.2 Å². The zero-order valence-electron chi connectivity index (χ0n) is 14.2. The van der Waals surface area contributed by atoms with Crippen molar-refractivity contribution in [1.82, 2.24) is 15.1 Å². The molecule has 0 aliphatic carbocycles. The molecular weight excluding hydrogens is 310 g/mol. The molecule has 1 aromatic carbocycles. The topological polar surface area (TPSA) is 76.7 Å². The highest BCUT2D eigenvalue weighted by molar-refractivity contribution is 5.98. The molecule has 0 radical (unpaired) electrons. The van der Waals surface area contributed by atoms with Crippen molar-refractivity contribution >= 4 is 5.91 Å². The number of benzene rings is 1. The Kier molecular flexibility index (Phi) is 4.55. The average molecular weight is 331 g/mol. The number of H-pyrrole nitrogens is 1. The highest BCUT2D eigenvalue weighted by Crippen LogP contribution is 2.39. The lowest BCUT2D eigenvalue weighted by Crippen LogP contribution is -2.38. The van der Waals surface area contributed by atoms with Gasteiger partial charge in [-0.1, -0.05) is 12.1 Å². The monoisotopic (exact) mass is 331 g/mol. The second kappa shape index (κ2) is 6.62. The third-order valence-electron chi connectivity index (χ3n) is 4.35. The van der Waals surface area contributed by atoms with Crippen LogP contribution >= 0.6 is 0 Å². The van der Waals surface area contributed by atoms with Crippen molar-refractivity contribution in [1.29, 1.82) is 0 Å². The van der Waals surface area contributed by atoms with E-state index in [-0.39, 0.29) is 11.9 Å². The van der Waals surface area contributed by atoms with Crippen LogP contribution in [0.25, 0.3) is 0 Å². The van der Waals surface area contributed by atoms with Crippen LogP contribution in [0.5, 0.6) is 5.75 Å². The van der Waals surface area contributed by atoms with Gasteiger partial charge in [-0.2, -0.15) is 5.10 Å². The third-order valence-corrected chi connectivity index (χ3v) is 4.35. The van der Waals surface area contributed by atoms with Crippen molar-refractivity contribution in [3.63, 3.8) is 0 Å². The van der Waals surface area contributed by atoms with Crippen LogP contribution in [0, 0.1) is 6.92 Å². The van der Waals surface area contributed by atoms with Gasteiger partial charge in [0.1, 0.15) is 5.75 Å². The molecule has 24 heavy (non-hydrogen) atoms. The first-order valence-electron chi connectivity index (χ1n) is 7.66. The van der Waals surface area contributed by atoms with Crippen molar-refractivity contribution in [3.05, 3.63) is 46.8 Å². The molecular formula is C17H21N3O4. The molecule has 7 nitrogen and oxygen atoms in total. The maximum absolute atomic E-state index is 12.8. The number of rotatable bonds is 6. The fourth-order valence-electron chi connectivity index (χ4n) is 3.07. The summed E-state index contributed by atoms with van der Waals surface area (Å²) in [5, 5.41) is 7.08. The molecule has 0 spiro atoms. The maximum atomic E-state index is 12.8. The number of amides is 1. The highest BCUT2D eigenvalue weighted by atomic mass is 16.7. The largest absolute Gasteiger partial charge is 0.497 e. The van der Waals surface area contributed by atoms with Gasteiger partial charge in [-0.25, -0.2) is 0 Å². The molecule has 2 aromatic rings. The minimum Gasteiger partial charge on any atom is -0.497 e. The van der Waals surface area contributed by atoms with Gasteiger partial charge in [0.2, 0.25) is 0 Å². The second-order valence-electron chi connectivity index (χ2n) is 5.65. The maximum Gasteiger partial charge on any atom is 0.275 e. The standard InChI is InChI=1S/C17H21N3O4/c1-10-14-15(19-18-10)17(21)20(9-13(23-3)24-4)16(14)11-5-7-12(22-2)8-6-11/h5-8,13,16H,9H2,1-4H3,(H,18,19)/t16-/m1/s1. The molecule has 3 rings (SSSR count). The molecule has 128 valence electrons. The predicted octanol–water partition coefficient (Wildman–Crippen LogP) is 1.89. The molecule has 0 bridgehead atoms. The third kappa shape index (κ3) is 2.65. The lowest BCUT2D eigenvalue weighted by atomic mass is 9.99. The Morgan fingerprint density at radius 3 is 2.46 bits per heavy atom. The van der Waals surface area contributed by atoms with Crippen LogP contribution in [0.2, 0.25) is 0 Å². The quantitative estimate of drug-likeness (QED) is 0.818. The zero-order chi connectivity index (χ0) is 17.3. The van der Waals surface area contributed by atoms with E-state index < -0.39 is 6.29 Å². The van der Waals surface area contributed by atoms with Gasteiger partial charge in [0.05, 0.1) is 19.7 Å². The molecule has 0 saturated heterocycles. The molecule has 1 N–H and O–H groups in total. The van der Waals surface area contributed by atoms with Gasteiger partial charge in [0, 0.05) is 25.5 Å². The summed E-state index contributed by atoms with van der Waals surface area (Å²) in [7, 11) is 4.74. The summed E-state index contributed by atoms with van der Waals surface area (Å²) in [5.74, 6) is 0.639. The van der Waals surface area contributed by atoms with Crippen LogP contribution in [0.1, 0.15) is 33.4 Å². The predicted molar refractivity (Wildman–Crippen MR) is 87.0 cm³/mol. The summed E-state index contributed by atoms with van der Waals surface area (Å²) >= 11 is 0. The molecule has 0 unspecified atom stereocenters. The molecule has 0 fully saturated rings. The van der Waals surface area contributed by atoms with Crippen molar-refractivity contribution in [2.45, 2.75) is 19.3 Å². The van der Waals surface area contributed by atoms with E-state index in [0.717, 1.165) is 22.6 Å². The number of nitrogens with one attached hydrogen (secondary N) is 1. The number of fused-ring (bicyclic) bond motifs is 1. The minimum absolute atomic E-state index is 0.130. The fraction of sp³-hybridized carbons (Fsp3) is 0.412. The SMILES string of the molecule is COc1ccc([C@@H]2c3c(n[nH]c3C)C(=O)N2CC(OC)OC)cc1. The Bertz CT molecular complexity index is 722. The second-order valence-corrected chi connectivity index (χ2v) is 5.65. The Hall–Kier alpha value is -2.38. The first kappa shape index (κ1) is 16.5.